The first-order valence-corrected chi connectivity index (χ1v) is 9.82. The summed E-state index contributed by atoms with van der Waals surface area (Å²) >= 11 is 2.75. The van der Waals surface area contributed by atoms with E-state index >= 15 is 0 Å². The number of carbonyl (C=O) groups is 1. The maximum Gasteiger partial charge on any atom is 0.251 e. The van der Waals surface area contributed by atoms with Gasteiger partial charge in [0.1, 0.15) is 0 Å². The predicted molar refractivity (Wildman–Crippen MR) is 102 cm³/mol. The van der Waals surface area contributed by atoms with E-state index in [1.165, 1.54) is 12.1 Å². The van der Waals surface area contributed by atoms with Crippen LogP contribution >= 0.6 is 23.5 Å². The molecule has 26 heavy (non-hydrogen) atoms. The number of nitrogens with one attached hydrogen (secondary N) is 2. The van der Waals surface area contributed by atoms with Crippen molar-refractivity contribution in [2.75, 3.05) is 5.32 Å². The molecule has 0 fully saturated rings. The highest BCUT2D eigenvalue weighted by Gasteiger charge is 2.17. The van der Waals surface area contributed by atoms with Crippen molar-refractivity contribution in [1.82, 2.24) is 9.97 Å². The normalized spacial score (nSPS) is 12.2. The Labute approximate surface area is 158 Å². The van der Waals surface area contributed by atoms with E-state index in [1.54, 1.807) is 18.7 Å². The highest BCUT2D eigenvalue weighted by Crippen LogP contribution is 2.22. The number of aromatic amines is 1. The van der Waals surface area contributed by atoms with Crippen LogP contribution in [0.1, 0.15) is 26.5 Å². The molecule has 0 spiro atoms. The number of hydrogen-bond donors (Lipinski definition) is 2. The minimum absolute atomic E-state index is 0.157. The van der Waals surface area contributed by atoms with Crippen molar-refractivity contribution < 1.29 is 13.6 Å². The van der Waals surface area contributed by atoms with E-state index in [-0.39, 0.29) is 11.2 Å². The van der Waals surface area contributed by atoms with Crippen LogP contribution in [-0.2, 0) is 10.5 Å². The summed E-state index contributed by atoms with van der Waals surface area (Å²) in [6.45, 7) is 5.74. The van der Waals surface area contributed by atoms with E-state index in [1.807, 2.05) is 0 Å². The van der Waals surface area contributed by atoms with Crippen molar-refractivity contribution in [3.63, 3.8) is 0 Å². The Hall–Kier alpha value is -1.87. The molecule has 1 aromatic heterocycles. The summed E-state index contributed by atoms with van der Waals surface area (Å²) < 4.78 is 26.1. The maximum atomic E-state index is 13.2. The minimum Gasteiger partial charge on any atom is -0.325 e. The van der Waals surface area contributed by atoms with E-state index in [4.69, 9.17) is 0 Å². The van der Waals surface area contributed by atoms with Crippen LogP contribution in [0.5, 0.6) is 0 Å². The average Bonchev–Trinajstić information content (AvgIpc) is 2.55. The first-order chi connectivity index (χ1) is 12.2. The number of aromatic nitrogens is 2. The highest BCUT2D eigenvalue weighted by atomic mass is 32.2. The van der Waals surface area contributed by atoms with Crippen LogP contribution in [0.3, 0.4) is 0 Å². The quantitative estimate of drug-likeness (QED) is 0.547. The lowest BCUT2D eigenvalue weighted by Gasteiger charge is -2.12. The van der Waals surface area contributed by atoms with Crippen LogP contribution in [0.15, 0.2) is 34.2 Å². The van der Waals surface area contributed by atoms with Gasteiger partial charge in [0, 0.05) is 23.6 Å². The topological polar surface area (TPSA) is 74.8 Å². The predicted octanol–water partition coefficient (Wildman–Crippen LogP) is 3.81. The molecule has 9 heteroatoms. The summed E-state index contributed by atoms with van der Waals surface area (Å²) in [5.74, 6) is -1.83. The Kier molecular flexibility index (Phi) is 7.22. The Morgan fingerprint density at radius 3 is 2.62 bits per heavy atom. The Balaban J connectivity index is 2.03. The van der Waals surface area contributed by atoms with Crippen LogP contribution in [-0.4, -0.2) is 26.4 Å². The number of amides is 1. The lowest BCUT2D eigenvalue weighted by atomic mass is 10.3. The van der Waals surface area contributed by atoms with Gasteiger partial charge in [0.15, 0.2) is 16.8 Å². The number of hydrogen-bond acceptors (Lipinski definition) is 5. The molecular formula is C17H19F2N3O2S2. The van der Waals surface area contributed by atoms with Gasteiger partial charge in [-0.25, -0.2) is 13.8 Å². The molecule has 0 aliphatic rings. The Bertz CT molecular complexity index is 843. The molecule has 140 valence electrons. The van der Waals surface area contributed by atoms with Crippen LogP contribution in [0, 0.1) is 11.6 Å². The van der Waals surface area contributed by atoms with Gasteiger partial charge in [0.2, 0.25) is 5.91 Å². The van der Waals surface area contributed by atoms with Crippen molar-refractivity contribution >= 4 is 35.1 Å². The van der Waals surface area contributed by atoms with Crippen molar-refractivity contribution in [2.24, 2.45) is 0 Å². The molecule has 1 unspecified atom stereocenters. The number of H-pyrrole nitrogens is 1. The van der Waals surface area contributed by atoms with E-state index in [2.05, 4.69) is 29.1 Å². The average molecular weight is 399 g/mol. The van der Waals surface area contributed by atoms with Gasteiger partial charge < -0.3 is 10.3 Å². The van der Waals surface area contributed by atoms with E-state index in [0.717, 1.165) is 23.9 Å². The number of carbonyl (C=O) groups excluding carboxylic acids is 1. The van der Waals surface area contributed by atoms with E-state index in [0.29, 0.717) is 21.9 Å². The highest BCUT2D eigenvalue weighted by molar-refractivity contribution is 8.00. The first kappa shape index (κ1) is 20.4. The third-order valence-corrected chi connectivity index (χ3v) is 5.30. The summed E-state index contributed by atoms with van der Waals surface area (Å²) in [5, 5.41) is 2.66. The zero-order valence-corrected chi connectivity index (χ0v) is 16.1. The smallest absolute Gasteiger partial charge is 0.251 e. The molecule has 0 aliphatic carbocycles. The van der Waals surface area contributed by atoms with Gasteiger partial charge in [-0.3, -0.25) is 9.59 Å². The molecule has 1 amide bonds. The zero-order valence-electron chi connectivity index (χ0n) is 14.5. The monoisotopic (exact) mass is 399 g/mol. The minimum atomic E-state index is -1.04. The summed E-state index contributed by atoms with van der Waals surface area (Å²) in [6, 6.07) is 4.56. The Morgan fingerprint density at radius 2 is 1.96 bits per heavy atom. The van der Waals surface area contributed by atoms with E-state index in [9.17, 15) is 18.4 Å². The fraction of sp³-hybridized carbons (Fsp3) is 0.353. The number of thioether (sulfide) groups is 2. The van der Waals surface area contributed by atoms with Crippen LogP contribution in [0.2, 0.25) is 0 Å². The number of rotatable bonds is 7. The lowest BCUT2D eigenvalue weighted by Crippen LogP contribution is -2.23. The van der Waals surface area contributed by atoms with Gasteiger partial charge in [0.05, 0.1) is 10.9 Å². The van der Waals surface area contributed by atoms with Gasteiger partial charge >= 0.3 is 0 Å². The molecule has 1 heterocycles. The van der Waals surface area contributed by atoms with Gasteiger partial charge in [-0.2, -0.15) is 11.8 Å². The number of benzene rings is 1. The summed E-state index contributed by atoms with van der Waals surface area (Å²) in [5.41, 5.74) is 0.517. The Morgan fingerprint density at radius 1 is 1.23 bits per heavy atom. The van der Waals surface area contributed by atoms with Crippen LogP contribution in [0.4, 0.5) is 14.5 Å². The van der Waals surface area contributed by atoms with Crippen LogP contribution < -0.4 is 10.9 Å². The number of anilines is 1. The summed E-state index contributed by atoms with van der Waals surface area (Å²) in [4.78, 5) is 31.0. The standard InChI is InChI=1S/C17H19F2N3O2S2/c1-9(2)25-8-12-7-15(23)22-17(21-12)26-10(3)16(24)20-11-4-5-13(18)14(19)6-11/h4-7,9-10H,8H2,1-3H3,(H,20,24)(H,21,22,23). The second kappa shape index (κ2) is 9.18. The third kappa shape index (κ3) is 6.14. The summed E-state index contributed by atoms with van der Waals surface area (Å²) in [7, 11) is 0. The molecule has 2 aromatic rings. The second-order valence-corrected chi connectivity index (χ2v) is 8.67. The number of halogens is 2. The maximum absolute atomic E-state index is 13.2. The molecule has 0 saturated heterocycles. The molecule has 0 saturated carbocycles. The fourth-order valence-corrected chi connectivity index (χ4v) is 3.39. The molecule has 5 nitrogen and oxygen atoms in total. The second-order valence-electron chi connectivity index (χ2n) is 5.78. The molecule has 1 atom stereocenters. The SMILES string of the molecule is CC(C)SCc1cc(=O)[nH]c(SC(C)C(=O)Nc2ccc(F)c(F)c2)n1. The van der Waals surface area contributed by atoms with Crippen molar-refractivity contribution in [2.45, 2.75) is 42.2 Å². The van der Waals surface area contributed by atoms with Crippen molar-refractivity contribution in [1.29, 1.82) is 0 Å². The molecular weight excluding hydrogens is 380 g/mol. The van der Waals surface area contributed by atoms with Gasteiger partial charge in [-0.15, -0.1) is 0 Å². The molecule has 0 bridgehead atoms. The lowest BCUT2D eigenvalue weighted by molar-refractivity contribution is -0.115. The van der Waals surface area contributed by atoms with Crippen LogP contribution in [0.25, 0.3) is 0 Å². The van der Waals surface area contributed by atoms with Gasteiger partial charge in [-0.05, 0) is 24.3 Å². The zero-order chi connectivity index (χ0) is 19.3. The summed E-state index contributed by atoms with van der Waals surface area (Å²) in [6.07, 6.45) is 0. The fourth-order valence-electron chi connectivity index (χ4n) is 1.90. The first-order valence-electron chi connectivity index (χ1n) is 7.89. The van der Waals surface area contributed by atoms with Crippen molar-refractivity contribution in [3.8, 4) is 0 Å². The molecule has 2 rings (SSSR count). The third-order valence-electron chi connectivity index (χ3n) is 3.18. The molecule has 2 N–H and O–H groups in total. The van der Waals surface area contributed by atoms with E-state index < -0.39 is 22.8 Å². The number of nitrogens with zero attached hydrogens (tertiary/aromatic N) is 1. The van der Waals surface area contributed by atoms with Crippen molar-refractivity contribution in [3.05, 3.63) is 51.9 Å². The molecule has 0 aliphatic heterocycles. The largest absolute Gasteiger partial charge is 0.325 e. The van der Waals surface area contributed by atoms with Gasteiger partial charge in [0.25, 0.3) is 5.56 Å². The molecule has 0 radical (unpaired) electrons. The van der Waals surface area contributed by atoms with Gasteiger partial charge in [-0.1, -0.05) is 25.6 Å². The molecule has 1 aromatic carbocycles.